The van der Waals surface area contributed by atoms with Crippen molar-refractivity contribution >= 4 is 21.6 Å². The molecule has 0 spiro atoms. The van der Waals surface area contributed by atoms with Crippen LogP contribution < -0.4 is 9.62 Å². The highest BCUT2D eigenvalue weighted by molar-refractivity contribution is 7.92. The first-order valence-corrected chi connectivity index (χ1v) is 8.75. The lowest BCUT2D eigenvalue weighted by molar-refractivity contribution is 0.0930. The quantitative estimate of drug-likeness (QED) is 0.906. The zero-order valence-corrected chi connectivity index (χ0v) is 14.3. The molecule has 0 aromatic heterocycles. The Balaban J connectivity index is 3.15. The molecule has 1 amide bonds. The smallest absolute Gasteiger partial charge is 0.251 e. The first-order valence-electron chi connectivity index (χ1n) is 6.90. The molecule has 0 aliphatic rings. The fourth-order valence-corrected chi connectivity index (χ4v) is 2.40. The van der Waals surface area contributed by atoms with E-state index in [-0.39, 0.29) is 11.9 Å². The fraction of sp³-hybridized carbons (Fsp3) is 0.533. The molecule has 0 fully saturated rings. The van der Waals surface area contributed by atoms with Gasteiger partial charge in [0, 0.05) is 18.7 Å². The minimum atomic E-state index is -3.36. The summed E-state index contributed by atoms with van der Waals surface area (Å²) in [4.78, 5) is 12.3. The number of amides is 1. The maximum atomic E-state index is 12.3. The van der Waals surface area contributed by atoms with E-state index >= 15 is 0 Å². The Hall–Kier alpha value is -1.56. The molecule has 1 aromatic carbocycles. The van der Waals surface area contributed by atoms with E-state index in [9.17, 15) is 13.2 Å². The molecule has 1 aromatic rings. The van der Waals surface area contributed by atoms with Crippen LogP contribution in [0.4, 0.5) is 5.69 Å². The van der Waals surface area contributed by atoms with Crippen molar-refractivity contribution in [3.05, 3.63) is 29.3 Å². The SMILES string of the molecule is Cc1c(C(=O)NC(C)C(C)C)cccc1N(C)S(C)(=O)=O. The molecule has 0 saturated heterocycles. The number of sulfonamides is 1. The number of anilines is 1. The third-order valence-electron chi connectivity index (χ3n) is 3.75. The van der Waals surface area contributed by atoms with E-state index in [0.717, 1.165) is 6.26 Å². The monoisotopic (exact) mass is 312 g/mol. The molecule has 0 heterocycles. The summed E-state index contributed by atoms with van der Waals surface area (Å²) in [5, 5.41) is 2.93. The van der Waals surface area contributed by atoms with Crippen molar-refractivity contribution in [2.45, 2.75) is 33.7 Å². The fourth-order valence-electron chi connectivity index (χ4n) is 1.84. The Bertz CT molecular complexity index is 624. The summed E-state index contributed by atoms with van der Waals surface area (Å²) in [5.74, 6) is 0.147. The third-order valence-corrected chi connectivity index (χ3v) is 4.94. The number of nitrogens with zero attached hydrogens (tertiary/aromatic N) is 1. The molecule has 0 aliphatic heterocycles. The van der Waals surface area contributed by atoms with Crippen LogP contribution >= 0.6 is 0 Å². The van der Waals surface area contributed by atoms with Crippen molar-refractivity contribution < 1.29 is 13.2 Å². The van der Waals surface area contributed by atoms with Crippen molar-refractivity contribution in [3.8, 4) is 0 Å². The van der Waals surface area contributed by atoms with Crippen LogP contribution in [0.15, 0.2) is 18.2 Å². The van der Waals surface area contributed by atoms with Crippen LogP contribution in [0.2, 0.25) is 0 Å². The van der Waals surface area contributed by atoms with Crippen LogP contribution in [0.25, 0.3) is 0 Å². The van der Waals surface area contributed by atoms with Gasteiger partial charge in [0.25, 0.3) is 5.91 Å². The van der Waals surface area contributed by atoms with Crippen molar-refractivity contribution in [1.29, 1.82) is 0 Å². The zero-order chi connectivity index (χ0) is 16.4. The normalized spacial score (nSPS) is 13.1. The lowest BCUT2D eigenvalue weighted by Crippen LogP contribution is -2.36. The highest BCUT2D eigenvalue weighted by Gasteiger charge is 2.19. The van der Waals surface area contributed by atoms with Crippen LogP contribution in [0.5, 0.6) is 0 Å². The molecular formula is C15H24N2O3S. The van der Waals surface area contributed by atoms with Crippen molar-refractivity contribution in [3.63, 3.8) is 0 Å². The molecule has 118 valence electrons. The van der Waals surface area contributed by atoms with Crippen LogP contribution in [-0.4, -0.2) is 33.7 Å². The van der Waals surface area contributed by atoms with Gasteiger partial charge < -0.3 is 5.32 Å². The van der Waals surface area contributed by atoms with E-state index in [1.54, 1.807) is 25.1 Å². The molecule has 0 aliphatic carbocycles. The molecule has 1 N–H and O–H groups in total. The number of nitrogens with one attached hydrogen (secondary N) is 1. The standard InChI is InChI=1S/C15H24N2O3S/c1-10(2)12(4)16-15(18)13-8-7-9-14(11(13)3)17(5)21(6,19)20/h7-10,12H,1-6H3,(H,16,18). The molecule has 0 bridgehead atoms. The van der Waals surface area contributed by atoms with Gasteiger partial charge >= 0.3 is 0 Å². The summed E-state index contributed by atoms with van der Waals surface area (Å²) < 4.78 is 24.5. The predicted octanol–water partition coefficient (Wildman–Crippen LogP) is 2.17. The van der Waals surface area contributed by atoms with Gasteiger partial charge in [-0.2, -0.15) is 0 Å². The third kappa shape index (κ3) is 4.20. The Morgan fingerprint density at radius 1 is 1.24 bits per heavy atom. The molecule has 1 unspecified atom stereocenters. The second-order valence-corrected chi connectivity index (χ2v) is 7.70. The molecular weight excluding hydrogens is 288 g/mol. The molecule has 1 atom stereocenters. The second-order valence-electron chi connectivity index (χ2n) is 5.69. The maximum absolute atomic E-state index is 12.3. The predicted molar refractivity (Wildman–Crippen MR) is 86.2 cm³/mol. The van der Waals surface area contributed by atoms with E-state index in [1.165, 1.54) is 11.4 Å². The lowest BCUT2D eigenvalue weighted by atomic mass is 10.0. The van der Waals surface area contributed by atoms with E-state index in [0.29, 0.717) is 22.7 Å². The number of carbonyl (C=O) groups excluding carboxylic acids is 1. The average Bonchev–Trinajstić information content (AvgIpc) is 2.36. The summed E-state index contributed by atoms with van der Waals surface area (Å²) >= 11 is 0. The Morgan fingerprint density at radius 2 is 1.81 bits per heavy atom. The van der Waals surface area contributed by atoms with Crippen molar-refractivity contribution in [2.75, 3.05) is 17.6 Å². The summed E-state index contributed by atoms with van der Waals surface area (Å²) in [7, 11) is -1.87. The van der Waals surface area contributed by atoms with Gasteiger partial charge in [0.1, 0.15) is 0 Å². The summed E-state index contributed by atoms with van der Waals surface area (Å²) in [6, 6.07) is 5.14. The number of hydrogen-bond acceptors (Lipinski definition) is 3. The first kappa shape index (κ1) is 17.5. The molecule has 6 heteroatoms. The zero-order valence-electron chi connectivity index (χ0n) is 13.5. The van der Waals surface area contributed by atoms with Gasteiger partial charge in [-0.3, -0.25) is 9.10 Å². The summed E-state index contributed by atoms with van der Waals surface area (Å²) in [6.45, 7) is 7.77. The highest BCUT2D eigenvalue weighted by Crippen LogP contribution is 2.24. The Morgan fingerprint density at radius 3 is 2.29 bits per heavy atom. The Labute approximate surface area is 127 Å². The number of hydrogen-bond donors (Lipinski definition) is 1. The van der Waals surface area contributed by atoms with Gasteiger partial charge in [-0.15, -0.1) is 0 Å². The number of carbonyl (C=O) groups is 1. The molecule has 1 rings (SSSR count). The minimum absolute atomic E-state index is 0.0493. The van der Waals surface area contributed by atoms with E-state index in [1.807, 2.05) is 20.8 Å². The van der Waals surface area contributed by atoms with Gasteiger partial charge in [0.15, 0.2) is 0 Å². The maximum Gasteiger partial charge on any atom is 0.251 e. The van der Waals surface area contributed by atoms with Crippen LogP contribution in [-0.2, 0) is 10.0 Å². The number of rotatable bonds is 5. The molecule has 5 nitrogen and oxygen atoms in total. The highest BCUT2D eigenvalue weighted by atomic mass is 32.2. The van der Waals surface area contributed by atoms with Gasteiger partial charge in [0.05, 0.1) is 11.9 Å². The average molecular weight is 312 g/mol. The largest absolute Gasteiger partial charge is 0.349 e. The van der Waals surface area contributed by atoms with E-state index in [4.69, 9.17) is 0 Å². The van der Waals surface area contributed by atoms with Gasteiger partial charge in [0.2, 0.25) is 10.0 Å². The summed E-state index contributed by atoms with van der Waals surface area (Å²) in [5.41, 5.74) is 1.66. The number of benzene rings is 1. The molecule has 21 heavy (non-hydrogen) atoms. The van der Waals surface area contributed by atoms with Crippen molar-refractivity contribution in [2.24, 2.45) is 5.92 Å². The van der Waals surface area contributed by atoms with E-state index < -0.39 is 10.0 Å². The van der Waals surface area contributed by atoms with Crippen molar-refractivity contribution in [1.82, 2.24) is 5.32 Å². The molecule has 0 radical (unpaired) electrons. The van der Waals surface area contributed by atoms with Gasteiger partial charge in [-0.05, 0) is 37.5 Å². The Kier molecular flexibility index (Phi) is 5.39. The summed E-state index contributed by atoms with van der Waals surface area (Å²) in [6.07, 6.45) is 1.14. The van der Waals surface area contributed by atoms with Crippen LogP contribution in [0, 0.1) is 12.8 Å². The first-order chi connectivity index (χ1) is 9.55. The minimum Gasteiger partial charge on any atom is -0.349 e. The van der Waals surface area contributed by atoms with Gasteiger partial charge in [-0.1, -0.05) is 19.9 Å². The van der Waals surface area contributed by atoms with Crippen LogP contribution in [0.1, 0.15) is 36.7 Å². The van der Waals surface area contributed by atoms with Crippen LogP contribution in [0.3, 0.4) is 0 Å². The van der Waals surface area contributed by atoms with Gasteiger partial charge in [-0.25, -0.2) is 8.42 Å². The van der Waals surface area contributed by atoms with E-state index in [2.05, 4.69) is 5.32 Å². The lowest BCUT2D eigenvalue weighted by Gasteiger charge is -2.22. The topological polar surface area (TPSA) is 66.5 Å². The molecule has 0 saturated carbocycles. The second kappa shape index (κ2) is 6.47.